The molecule has 9 heteroatoms. The van der Waals surface area contributed by atoms with Crippen molar-refractivity contribution >= 4 is 17.9 Å². The molecule has 1 fully saturated rings. The average molecular weight is 395 g/mol. The fraction of sp³-hybridized carbons (Fsp3) is 0.684. The Hall–Kier alpha value is -2.26. The van der Waals surface area contributed by atoms with Crippen LogP contribution in [0.15, 0.2) is 12.3 Å². The van der Waals surface area contributed by atoms with Crippen molar-refractivity contribution in [2.24, 2.45) is 11.8 Å². The predicted octanol–water partition coefficient (Wildman–Crippen LogP) is 2.09. The van der Waals surface area contributed by atoms with Crippen LogP contribution in [0.2, 0.25) is 0 Å². The van der Waals surface area contributed by atoms with Crippen LogP contribution in [0.3, 0.4) is 0 Å². The first-order valence-corrected chi connectivity index (χ1v) is 9.36. The van der Waals surface area contributed by atoms with Gasteiger partial charge in [0, 0.05) is 20.4 Å². The van der Waals surface area contributed by atoms with E-state index in [-0.39, 0.29) is 11.9 Å². The van der Waals surface area contributed by atoms with E-state index < -0.39 is 30.2 Å². The van der Waals surface area contributed by atoms with Crippen molar-refractivity contribution in [3.8, 4) is 0 Å². The summed E-state index contributed by atoms with van der Waals surface area (Å²) in [7, 11) is 5.54. The van der Waals surface area contributed by atoms with E-state index in [0.29, 0.717) is 5.69 Å². The van der Waals surface area contributed by atoms with Gasteiger partial charge in [0.15, 0.2) is 5.92 Å². The number of ether oxygens (including phenoxy) is 4. The average Bonchev–Trinajstić information content (AvgIpc) is 2.74. The molecule has 2 rings (SSSR count). The SMILES string of the molecule is COC(=O)C(C(=O)OC)[C@H](Nc1nccc(C(OC)OC)n1)C1CCCCC1. The van der Waals surface area contributed by atoms with E-state index in [1.54, 1.807) is 12.3 Å². The Balaban J connectivity index is 2.35. The molecule has 1 aliphatic rings. The minimum atomic E-state index is -1.11. The normalized spacial score (nSPS) is 16.1. The highest BCUT2D eigenvalue weighted by atomic mass is 16.7. The molecule has 0 unspecified atom stereocenters. The molecule has 1 heterocycles. The zero-order valence-electron chi connectivity index (χ0n) is 16.8. The number of nitrogens with one attached hydrogen (secondary N) is 1. The Morgan fingerprint density at radius 1 is 1.04 bits per heavy atom. The van der Waals surface area contributed by atoms with Crippen molar-refractivity contribution in [3.05, 3.63) is 18.0 Å². The van der Waals surface area contributed by atoms with Gasteiger partial charge in [-0.15, -0.1) is 0 Å². The van der Waals surface area contributed by atoms with Gasteiger partial charge in [0.25, 0.3) is 0 Å². The second-order valence-electron chi connectivity index (χ2n) is 6.70. The van der Waals surface area contributed by atoms with Gasteiger partial charge in [-0.25, -0.2) is 9.97 Å². The minimum absolute atomic E-state index is 0.0878. The highest BCUT2D eigenvalue weighted by Crippen LogP contribution is 2.32. The van der Waals surface area contributed by atoms with Crippen molar-refractivity contribution in [1.82, 2.24) is 9.97 Å². The van der Waals surface area contributed by atoms with Gasteiger partial charge in [0.2, 0.25) is 12.2 Å². The van der Waals surface area contributed by atoms with E-state index in [0.717, 1.165) is 32.1 Å². The van der Waals surface area contributed by atoms with Crippen molar-refractivity contribution in [2.75, 3.05) is 33.8 Å². The number of nitrogens with zero attached hydrogens (tertiary/aromatic N) is 2. The Morgan fingerprint density at radius 3 is 2.18 bits per heavy atom. The van der Waals surface area contributed by atoms with Crippen molar-refractivity contribution < 1.29 is 28.5 Å². The first kappa shape index (κ1) is 22.0. The van der Waals surface area contributed by atoms with E-state index in [4.69, 9.17) is 18.9 Å². The third-order valence-corrected chi connectivity index (χ3v) is 5.07. The largest absolute Gasteiger partial charge is 0.468 e. The molecule has 0 spiro atoms. The minimum Gasteiger partial charge on any atom is -0.468 e. The third-order valence-electron chi connectivity index (χ3n) is 5.07. The fourth-order valence-electron chi connectivity index (χ4n) is 3.67. The summed E-state index contributed by atoms with van der Waals surface area (Å²) in [4.78, 5) is 33.5. The number of carbonyl (C=O) groups is 2. The van der Waals surface area contributed by atoms with Crippen molar-refractivity contribution in [1.29, 1.82) is 0 Å². The van der Waals surface area contributed by atoms with Crippen molar-refractivity contribution in [2.45, 2.75) is 44.4 Å². The van der Waals surface area contributed by atoms with Gasteiger partial charge in [-0.3, -0.25) is 9.59 Å². The van der Waals surface area contributed by atoms with E-state index in [1.165, 1.54) is 28.4 Å². The lowest BCUT2D eigenvalue weighted by Gasteiger charge is -2.34. The molecule has 0 saturated heterocycles. The Bertz CT molecular complexity index is 630. The Morgan fingerprint density at radius 2 is 1.64 bits per heavy atom. The number of methoxy groups -OCH3 is 4. The third kappa shape index (κ3) is 5.39. The summed E-state index contributed by atoms with van der Waals surface area (Å²) in [6, 6.07) is 1.13. The van der Waals surface area contributed by atoms with E-state index >= 15 is 0 Å². The number of aromatic nitrogens is 2. The predicted molar refractivity (Wildman–Crippen MR) is 100 cm³/mol. The summed E-state index contributed by atoms with van der Waals surface area (Å²) < 4.78 is 20.2. The second kappa shape index (κ2) is 10.9. The maximum absolute atomic E-state index is 12.4. The maximum atomic E-state index is 12.4. The molecule has 0 aliphatic heterocycles. The molecular formula is C19H29N3O6. The lowest BCUT2D eigenvalue weighted by molar-refractivity contribution is -0.160. The number of hydrogen-bond donors (Lipinski definition) is 1. The summed E-state index contributed by atoms with van der Waals surface area (Å²) in [6.07, 6.45) is 5.91. The monoisotopic (exact) mass is 395 g/mol. The second-order valence-corrected chi connectivity index (χ2v) is 6.70. The molecule has 1 aliphatic carbocycles. The molecule has 0 aromatic carbocycles. The van der Waals surface area contributed by atoms with Crippen LogP contribution in [0.4, 0.5) is 5.95 Å². The standard InChI is InChI=1S/C19H29N3O6/c1-25-16(23)14(17(24)26-2)15(12-8-6-5-7-9-12)22-19-20-11-10-13(21-19)18(27-3)28-4/h10-12,14-15,18H,5-9H2,1-4H3,(H,20,21,22)/t15-/m1/s1. The van der Waals surface area contributed by atoms with Crippen LogP contribution in [-0.4, -0.2) is 56.4 Å². The highest BCUT2D eigenvalue weighted by Gasteiger charge is 2.42. The van der Waals surface area contributed by atoms with Gasteiger partial charge in [-0.1, -0.05) is 19.3 Å². The van der Waals surface area contributed by atoms with Crippen LogP contribution in [-0.2, 0) is 28.5 Å². The zero-order valence-corrected chi connectivity index (χ0v) is 16.8. The van der Waals surface area contributed by atoms with Gasteiger partial charge in [-0.2, -0.15) is 0 Å². The molecular weight excluding hydrogens is 366 g/mol. The Kier molecular flexibility index (Phi) is 8.59. The zero-order chi connectivity index (χ0) is 20.5. The van der Waals surface area contributed by atoms with Crippen molar-refractivity contribution in [3.63, 3.8) is 0 Å². The lowest BCUT2D eigenvalue weighted by Crippen LogP contribution is -2.46. The quantitative estimate of drug-likeness (QED) is 0.382. The fourth-order valence-corrected chi connectivity index (χ4v) is 3.67. The first-order valence-electron chi connectivity index (χ1n) is 9.36. The lowest BCUT2D eigenvalue weighted by atomic mass is 9.78. The summed E-state index contributed by atoms with van der Waals surface area (Å²) in [5.41, 5.74) is 0.526. The number of rotatable bonds is 9. The summed E-state index contributed by atoms with van der Waals surface area (Å²) >= 11 is 0. The number of anilines is 1. The van der Waals surface area contributed by atoms with E-state index in [2.05, 4.69) is 15.3 Å². The highest BCUT2D eigenvalue weighted by molar-refractivity contribution is 5.96. The molecule has 1 N–H and O–H groups in total. The molecule has 28 heavy (non-hydrogen) atoms. The van der Waals surface area contributed by atoms with Crippen LogP contribution in [0, 0.1) is 11.8 Å². The molecule has 156 valence electrons. The topological polar surface area (TPSA) is 109 Å². The van der Waals surface area contributed by atoms with Gasteiger partial charge in [0.05, 0.1) is 20.3 Å². The summed E-state index contributed by atoms with van der Waals surface area (Å²) in [5.74, 6) is -2.02. The molecule has 1 atom stereocenters. The van der Waals surface area contributed by atoms with E-state index in [9.17, 15) is 9.59 Å². The molecule has 0 radical (unpaired) electrons. The smallest absolute Gasteiger partial charge is 0.322 e. The van der Waals surface area contributed by atoms with Crippen LogP contribution >= 0.6 is 0 Å². The summed E-state index contributed by atoms with van der Waals surface area (Å²) in [5, 5.41) is 3.19. The number of carbonyl (C=O) groups excluding carboxylic acids is 2. The molecule has 9 nitrogen and oxygen atoms in total. The van der Waals surface area contributed by atoms with Crippen LogP contribution in [0.1, 0.15) is 44.1 Å². The Labute approximate surface area is 165 Å². The van der Waals surface area contributed by atoms with Crippen LogP contribution in [0.5, 0.6) is 0 Å². The van der Waals surface area contributed by atoms with Gasteiger partial charge in [0.1, 0.15) is 5.69 Å². The summed E-state index contributed by atoms with van der Waals surface area (Å²) in [6.45, 7) is 0. The number of esters is 2. The molecule has 1 aromatic rings. The van der Waals surface area contributed by atoms with Gasteiger partial charge < -0.3 is 24.3 Å². The number of hydrogen-bond acceptors (Lipinski definition) is 9. The van der Waals surface area contributed by atoms with Crippen LogP contribution < -0.4 is 5.32 Å². The molecule has 0 amide bonds. The molecule has 1 aromatic heterocycles. The van der Waals surface area contributed by atoms with Gasteiger partial charge >= 0.3 is 11.9 Å². The molecule has 1 saturated carbocycles. The molecule has 0 bridgehead atoms. The van der Waals surface area contributed by atoms with Gasteiger partial charge in [-0.05, 0) is 24.8 Å². The first-order chi connectivity index (χ1) is 13.5. The van der Waals surface area contributed by atoms with Crippen LogP contribution in [0.25, 0.3) is 0 Å². The maximum Gasteiger partial charge on any atom is 0.322 e. The van der Waals surface area contributed by atoms with E-state index in [1.807, 2.05) is 0 Å².